The summed E-state index contributed by atoms with van der Waals surface area (Å²) in [5.41, 5.74) is 0. The molecule has 1 aliphatic rings. The minimum Gasteiger partial charge on any atom is -0.484 e. The van der Waals surface area contributed by atoms with Gasteiger partial charge in [0, 0.05) is 37.8 Å². The number of carbonyl (C=O) groups is 1. The third-order valence-electron chi connectivity index (χ3n) is 5.02. The molecule has 1 atom stereocenters. The maximum Gasteiger partial charge on any atom is 0.260 e. The van der Waals surface area contributed by atoms with Crippen molar-refractivity contribution in [2.24, 2.45) is 0 Å². The number of ether oxygens (including phenoxy) is 2. The van der Waals surface area contributed by atoms with E-state index in [2.05, 4.69) is 14.9 Å². The molecule has 4 rings (SSSR count). The number of hydrogen-bond donors (Lipinski definition) is 0. The molecule has 1 aliphatic heterocycles. The molecule has 0 N–H and O–H groups in total. The molecule has 0 spiro atoms. The summed E-state index contributed by atoms with van der Waals surface area (Å²) in [4.78, 5) is 25.0. The second kappa shape index (κ2) is 9.42. The van der Waals surface area contributed by atoms with Crippen molar-refractivity contribution in [2.45, 2.75) is 13.0 Å². The van der Waals surface area contributed by atoms with E-state index < -0.39 is 0 Å². The summed E-state index contributed by atoms with van der Waals surface area (Å²) < 4.78 is 24.6. The summed E-state index contributed by atoms with van der Waals surface area (Å²) in [6.45, 7) is 3.80. The van der Waals surface area contributed by atoms with Crippen LogP contribution in [0.1, 0.15) is 6.92 Å². The highest BCUT2D eigenvalue weighted by molar-refractivity contribution is 5.78. The second-order valence-electron chi connectivity index (χ2n) is 7.26. The van der Waals surface area contributed by atoms with Crippen LogP contribution < -0.4 is 14.4 Å². The molecule has 2 heterocycles. The summed E-state index contributed by atoms with van der Waals surface area (Å²) in [7, 11) is 0. The van der Waals surface area contributed by atoms with Gasteiger partial charge in [-0.3, -0.25) is 4.79 Å². The van der Waals surface area contributed by atoms with Gasteiger partial charge < -0.3 is 19.3 Å². The van der Waals surface area contributed by atoms with Crippen molar-refractivity contribution in [3.63, 3.8) is 0 Å². The fourth-order valence-corrected chi connectivity index (χ4v) is 3.49. The molecule has 7 nitrogen and oxygen atoms in total. The lowest BCUT2D eigenvalue weighted by Crippen LogP contribution is -2.55. The molecule has 0 bridgehead atoms. The third kappa shape index (κ3) is 5.28. The van der Waals surface area contributed by atoms with Gasteiger partial charge in [-0.25, -0.2) is 14.4 Å². The van der Waals surface area contributed by atoms with E-state index in [1.807, 2.05) is 42.2 Å². The Labute approximate surface area is 180 Å². The fraction of sp³-hybridized carbons (Fsp3) is 0.261. The van der Waals surface area contributed by atoms with Gasteiger partial charge in [0.2, 0.25) is 5.88 Å². The summed E-state index contributed by atoms with van der Waals surface area (Å²) in [6, 6.07) is 16.9. The highest BCUT2D eigenvalue weighted by Gasteiger charge is 2.28. The Balaban J connectivity index is 1.35. The SMILES string of the molecule is CC1CN(c2cc(Oc3cccc(F)c3)ncn2)CCN1C(=O)COc1ccccc1. The van der Waals surface area contributed by atoms with Crippen molar-refractivity contribution in [3.05, 3.63) is 72.8 Å². The average molecular weight is 422 g/mol. The normalized spacial score (nSPS) is 16.1. The third-order valence-corrected chi connectivity index (χ3v) is 5.02. The van der Waals surface area contributed by atoms with Crippen LogP contribution in [-0.2, 0) is 4.79 Å². The average Bonchev–Trinajstić information content (AvgIpc) is 2.78. The van der Waals surface area contributed by atoms with Crippen molar-refractivity contribution < 1.29 is 18.7 Å². The number of benzene rings is 2. The lowest BCUT2D eigenvalue weighted by atomic mass is 10.2. The van der Waals surface area contributed by atoms with Gasteiger partial charge in [-0.2, -0.15) is 0 Å². The summed E-state index contributed by atoms with van der Waals surface area (Å²) in [5, 5.41) is 0. The molecule has 1 amide bonds. The Hall–Kier alpha value is -3.68. The molecule has 160 valence electrons. The van der Waals surface area contributed by atoms with E-state index in [4.69, 9.17) is 9.47 Å². The number of piperazine rings is 1. The summed E-state index contributed by atoms with van der Waals surface area (Å²) in [6.07, 6.45) is 1.42. The molecule has 0 aliphatic carbocycles. The van der Waals surface area contributed by atoms with Crippen LogP contribution in [0.15, 0.2) is 67.0 Å². The monoisotopic (exact) mass is 422 g/mol. The summed E-state index contributed by atoms with van der Waals surface area (Å²) in [5.74, 6) is 1.64. The second-order valence-corrected chi connectivity index (χ2v) is 7.26. The van der Waals surface area contributed by atoms with E-state index in [0.29, 0.717) is 42.8 Å². The predicted molar refractivity (Wildman–Crippen MR) is 114 cm³/mol. The number of nitrogens with zero attached hydrogens (tertiary/aromatic N) is 4. The molecule has 3 aromatic rings. The number of aromatic nitrogens is 2. The first kappa shape index (κ1) is 20.6. The molecule has 8 heteroatoms. The van der Waals surface area contributed by atoms with E-state index in [9.17, 15) is 9.18 Å². The predicted octanol–water partition coefficient (Wildman–Crippen LogP) is 3.52. The lowest BCUT2D eigenvalue weighted by molar-refractivity contribution is -0.135. The quantitative estimate of drug-likeness (QED) is 0.606. The Bertz CT molecular complexity index is 1030. The van der Waals surface area contributed by atoms with Crippen molar-refractivity contribution in [1.29, 1.82) is 0 Å². The van der Waals surface area contributed by atoms with Crippen molar-refractivity contribution >= 4 is 11.7 Å². The van der Waals surface area contributed by atoms with E-state index in [1.165, 1.54) is 18.5 Å². The van der Waals surface area contributed by atoms with Crippen LogP contribution in [0.4, 0.5) is 10.2 Å². The van der Waals surface area contributed by atoms with Crippen LogP contribution >= 0.6 is 0 Å². The van der Waals surface area contributed by atoms with E-state index in [0.717, 1.165) is 0 Å². The van der Waals surface area contributed by atoms with Gasteiger partial charge in [-0.15, -0.1) is 0 Å². The molecule has 1 fully saturated rings. The Morgan fingerprint density at radius 2 is 1.87 bits per heavy atom. The molecular formula is C23H23FN4O3. The van der Waals surface area contributed by atoms with Crippen LogP contribution in [0.2, 0.25) is 0 Å². The standard InChI is InChI=1S/C23H23FN4O3/c1-17-14-27(10-11-28(17)23(29)15-30-19-7-3-2-4-8-19)21-13-22(26-16-25-21)31-20-9-5-6-18(24)12-20/h2-9,12-13,16-17H,10-11,14-15H2,1H3. The van der Waals surface area contributed by atoms with Crippen LogP contribution in [0, 0.1) is 5.82 Å². The zero-order valence-electron chi connectivity index (χ0n) is 17.1. The minimum atomic E-state index is -0.377. The van der Waals surface area contributed by atoms with Crippen molar-refractivity contribution in [3.8, 4) is 17.4 Å². The molecular weight excluding hydrogens is 399 g/mol. The molecule has 0 saturated carbocycles. The van der Waals surface area contributed by atoms with Gasteiger partial charge in [0.05, 0.1) is 0 Å². The van der Waals surface area contributed by atoms with Crippen molar-refractivity contribution in [2.75, 3.05) is 31.1 Å². The topological polar surface area (TPSA) is 67.8 Å². The highest BCUT2D eigenvalue weighted by atomic mass is 19.1. The van der Waals surface area contributed by atoms with E-state index in [-0.39, 0.29) is 24.4 Å². The number of carbonyl (C=O) groups excluding carboxylic acids is 1. The first-order valence-electron chi connectivity index (χ1n) is 10.1. The maximum absolute atomic E-state index is 13.4. The number of halogens is 1. The zero-order valence-corrected chi connectivity index (χ0v) is 17.1. The van der Waals surface area contributed by atoms with Crippen molar-refractivity contribution in [1.82, 2.24) is 14.9 Å². The first-order valence-corrected chi connectivity index (χ1v) is 10.1. The Morgan fingerprint density at radius 3 is 2.65 bits per heavy atom. The Kier molecular flexibility index (Phi) is 6.26. The van der Waals surface area contributed by atoms with Gasteiger partial charge in [0.15, 0.2) is 6.61 Å². The van der Waals surface area contributed by atoms with Gasteiger partial charge in [-0.05, 0) is 31.2 Å². The largest absolute Gasteiger partial charge is 0.484 e. The molecule has 2 aromatic carbocycles. The van der Waals surface area contributed by atoms with Gasteiger partial charge in [0.1, 0.15) is 29.5 Å². The van der Waals surface area contributed by atoms with Crippen LogP contribution in [0.5, 0.6) is 17.4 Å². The Morgan fingerprint density at radius 1 is 1.06 bits per heavy atom. The fourth-order valence-electron chi connectivity index (χ4n) is 3.49. The van der Waals surface area contributed by atoms with Crippen LogP contribution in [0.3, 0.4) is 0 Å². The van der Waals surface area contributed by atoms with Gasteiger partial charge >= 0.3 is 0 Å². The van der Waals surface area contributed by atoms with Gasteiger partial charge in [-0.1, -0.05) is 24.3 Å². The lowest BCUT2D eigenvalue weighted by Gasteiger charge is -2.40. The number of para-hydroxylation sites is 1. The number of anilines is 1. The van der Waals surface area contributed by atoms with Crippen LogP contribution in [0.25, 0.3) is 0 Å². The summed E-state index contributed by atoms with van der Waals surface area (Å²) >= 11 is 0. The van der Waals surface area contributed by atoms with Gasteiger partial charge in [0.25, 0.3) is 5.91 Å². The number of rotatable bonds is 6. The smallest absolute Gasteiger partial charge is 0.260 e. The molecule has 1 aromatic heterocycles. The molecule has 1 saturated heterocycles. The maximum atomic E-state index is 13.4. The van der Waals surface area contributed by atoms with Crippen LogP contribution in [-0.4, -0.2) is 53.1 Å². The van der Waals surface area contributed by atoms with E-state index >= 15 is 0 Å². The minimum absolute atomic E-state index is 0.00742. The highest BCUT2D eigenvalue weighted by Crippen LogP contribution is 2.24. The molecule has 31 heavy (non-hydrogen) atoms. The number of hydrogen-bond acceptors (Lipinski definition) is 6. The molecule has 0 radical (unpaired) electrons. The molecule has 1 unspecified atom stereocenters. The zero-order chi connectivity index (χ0) is 21.6. The number of amides is 1. The van der Waals surface area contributed by atoms with E-state index in [1.54, 1.807) is 18.2 Å². The first-order chi connectivity index (χ1) is 15.1.